The van der Waals surface area contributed by atoms with Crippen LogP contribution in [0.4, 0.5) is 5.69 Å². The van der Waals surface area contributed by atoms with Crippen molar-refractivity contribution in [3.05, 3.63) is 82.6 Å². The predicted octanol–water partition coefficient (Wildman–Crippen LogP) is 3.44. The van der Waals surface area contributed by atoms with Crippen molar-refractivity contribution < 1.29 is 14.3 Å². The van der Waals surface area contributed by atoms with E-state index in [9.17, 15) is 9.59 Å². The second kappa shape index (κ2) is 11.9. The van der Waals surface area contributed by atoms with Gasteiger partial charge in [0.2, 0.25) is 0 Å². The van der Waals surface area contributed by atoms with Gasteiger partial charge in [0.05, 0.1) is 13.2 Å². The molecule has 0 spiro atoms. The Balaban J connectivity index is 1.37. The van der Waals surface area contributed by atoms with Crippen molar-refractivity contribution in [2.75, 3.05) is 38.2 Å². The van der Waals surface area contributed by atoms with Crippen LogP contribution >= 0.6 is 11.3 Å². The second-order valence-electron chi connectivity index (χ2n) is 8.58. The number of nitrogens with one attached hydrogen (secondary N) is 2. The highest BCUT2D eigenvalue weighted by Crippen LogP contribution is 2.30. The number of carbonyl (C=O) groups is 2. The number of rotatable bonds is 8. The van der Waals surface area contributed by atoms with Gasteiger partial charge < -0.3 is 20.3 Å². The largest absolute Gasteiger partial charge is 0.496 e. The van der Waals surface area contributed by atoms with Gasteiger partial charge in [-0.25, -0.2) is 0 Å². The van der Waals surface area contributed by atoms with Crippen LogP contribution in [0.1, 0.15) is 23.4 Å². The summed E-state index contributed by atoms with van der Waals surface area (Å²) in [6.07, 6.45) is 0. The van der Waals surface area contributed by atoms with Crippen LogP contribution in [0, 0.1) is 0 Å². The molecule has 0 radical (unpaired) electrons. The van der Waals surface area contributed by atoms with Gasteiger partial charge in [0.25, 0.3) is 0 Å². The van der Waals surface area contributed by atoms with E-state index in [2.05, 4.69) is 56.1 Å². The van der Waals surface area contributed by atoms with Crippen molar-refractivity contribution >= 4 is 28.8 Å². The molecule has 35 heavy (non-hydrogen) atoms. The van der Waals surface area contributed by atoms with E-state index < -0.39 is 11.8 Å². The Morgan fingerprint density at radius 2 is 1.66 bits per heavy atom. The van der Waals surface area contributed by atoms with Gasteiger partial charge in [-0.15, -0.1) is 11.3 Å². The first-order valence-electron chi connectivity index (χ1n) is 11.8. The highest BCUT2D eigenvalue weighted by atomic mass is 32.1. The average molecular weight is 493 g/mol. The summed E-state index contributed by atoms with van der Waals surface area (Å²) in [5, 5.41) is 7.70. The van der Waals surface area contributed by atoms with Crippen LogP contribution in [-0.2, 0) is 16.1 Å². The number of thiophene rings is 1. The summed E-state index contributed by atoms with van der Waals surface area (Å²) in [5.74, 6) is -0.604. The normalized spacial score (nSPS) is 15.8. The van der Waals surface area contributed by atoms with E-state index >= 15 is 0 Å². The first kappa shape index (κ1) is 24.8. The lowest BCUT2D eigenvalue weighted by Gasteiger charge is -2.42. The van der Waals surface area contributed by atoms with Crippen molar-refractivity contribution in [2.45, 2.75) is 25.6 Å². The molecule has 2 aromatic carbocycles. The maximum absolute atomic E-state index is 12.7. The molecule has 0 unspecified atom stereocenters. The monoisotopic (exact) mass is 492 g/mol. The van der Waals surface area contributed by atoms with Gasteiger partial charge in [-0.05, 0) is 36.6 Å². The lowest BCUT2D eigenvalue weighted by atomic mass is 10.0. The molecule has 4 rings (SSSR count). The molecule has 1 saturated heterocycles. The number of hydrogen-bond donors (Lipinski definition) is 2. The fourth-order valence-electron chi connectivity index (χ4n) is 4.56. The van der Waals surface area contributed by atoms with E-state index in [1.54, 1.807) is 18.4 Å². The van der Waals surface area contributed by atoms with Gasteiger partial charge in [-0.1, -0.05) is 42.5 Å². The number of ether oxygens (including phenoxy) is 1. The zero-order valence-electron chi connectivity index (χ0n) is 20.1. The highest BCUT2D eigenvalue weighted by molar-refractivity contribution is 7.10. The number of para-hydroxylation sites is 2. The standard InChI is InChI=1S/C27H32N4O3S/c1-20(29-27(33)26(32)28-19-21-9-6-7-12-23(21)34-2)25(24-13-8-18-35-24)31-16-14-30(15-17-31)22-10-4-3-5-11-22/h3-13,18,20,25H,14-17,19H2,1-2H3,(H,28,32)(H,29,33)/t20-,25-/m0/s1. The lowest BCUT2D eigenvalue weighted by molar-refractivity contribution is -0.140. The van der Waals surface area contributed by atoms with E-state index in [0.29, 0.717) is 5.75 Å². The summed E-state index contributed by atoms with van der Waals surface area (Å²) in [6, 6.07) is 21.7. The Labute approximate surface area is 210 Å². The van der Waals surface area contributed by atoms with Crippen molar-refractivity contribution in [3.8, 4) is 5.75 Å². The molecule has 0 aliphatic carbocycles. The smallest absolute Gasteiger partial charge is 0.309 e. The van der Waals surface area contributed by atoms with Crippen LogP contribution in [0.5, 0.6) is 5.75 Å². The van der Waals surface area contributed by atoms with Crippen LogP contribution < -0.4 is 20.3 Å². The van der Waals surface area contributed by atoms with E-state index in [1.807, 2.05) is 43.3 Å². The molecular formula is C27H32N4O3S. The van der Waals surface area contributed by atoms with Crippen molar-refractivity contribution in [1.82, 2.24) is 15.5 Å². The molecule has 2 N–H and O–H groups in total. The molecule has 1 aromatic heterocycles. The summed E-state index contributed by atoms with van der Waals surface area (Å²) < 4.78 is 5.32. The maximum Gasteiger partial charge on any atom is 0.309 e. The maximum atomic E-state index is 12.7. The Morgan fingerprint density at radius 3 is 2.34 bits per heavy atom. The van der Waals surface area contributed by atoms with E-state index in [0.717, 1.165) is 31.7 Å². The number of piperazine rings is 1. The number of amides is 2. The van der Waals surface area contributed by atoms with E-state index in [-0.39, 0.29) is 18.6 Å². The molecule has 1 aliphatic rings. The number of carbonyl (C=O) groups excluding carboxylic acids is 2. The summed E-state index contributed by atoms with van der Waals surface area (Å²) >= 11 is 1.68. The topological polar surface area (TPSA) is 73.9 Å². The fraction of sp³-hybridized carbons (Fsp3) is 0.333. The lowest BCUT2D eigenvalue weighted by Crippen LogP contribution is -2.53. The minimum atomic E-state index is -0.651. The third-order valence-corrected chi connectivity index (χ3v) is 7.28. The van der Waals surface area contributed by atoms with Gasteiger partial charge in [-0.2, -0.15) is 0 Å². The summed E-state index contributed by atoms with van der Waals surface area (Å²) in [5.41, 5.74) is 2.05. The second-order valence-corrected chi connectivity index (χ2v) is 9.55. The van der Waals surface area contributed by atoms with Gasteiger partial charge >= 0.3 is 11.8 Å². The van der Waals surface area contributed by atoms with Crippen LogP contribution in [0.15, 0.2) is 72.1 Å². The SMILES string of the molecule is COc1ccccc1CNC(=O)C(=O)N[C@@H](C)[C@@H](c1cccs1)N1CCN(c2ccccc2)CC1. The molecular weight excluding hydrogens is 460 g/mol. The summed E-state index contributed by atoms with van der Waals surface area (Å²) in [6.45, 7) is 5.76. The predicted molar refractivity (Wildman–Crippen MR) is 140 cm³/mol. The van der Waals surface area contributed by atoms with Crippen LogP contribution in [0.3, 0.4) is 0 Å². The quantitative estimate of drug-likeness (QED) is 0.472. The molecule has 2 heterocycles. The zero-order chi connectivity index (χ0) is 24.6. The first-order chi connectivity index (χ1) is 17.1. The van der Waals surface area contributed by atoms with Crippen LogP contribution in [0.25, 0.3) is 0 Å². The van der Waals surface area contributed by atoms with Crippen molar-refractivity contribution in [2.24, 2.45) is 0 Å². The first-order valence-corrected chi connectivity index (χ1v) is 12.7. The number of anilines is 1. The molecule has 2 atom stereocenters. The Kier molecular flexibility index (Phi) is 8.39. The van der Waals surface area contributed by atoms with Gasteiger partial charge in [0.1, 0.15) is 5.75 Å². The molecule has 0 bridgehead atoms. The molecule has 3 aromatic rings. The van der Waals surface area contributed by atoms with Gasteiger partial charge in [-0.3, -0.25) is 14.5 Å². The number of benzene rings is 2. The van der Waals surface area contributed by atoms with Gasteiger partial charge in [0, 0.05) is 54.9 Å². The zero-order valence-corrected chi connectivity index (χ0v) is 21.0. The average Bonchev–Trinajstić information content (AvgIpc) is 3.42. The molecule has 2 amide bonds. The number of hydrogen-bond acceptors (Lipinski definition) is 6. The van der Waals surface area contributed by atoms with Crippen LogP contribution in [-0.4, -0.2) is 56.0 Å². The Morgan fingerprint density at radius 1 is 0.943 bits per heavy atom. The molecule has 0 saturated carbocycles. The molecule has 184 valence electrons. The number of nitrogens with zero attached hydrogens (tertiary/aromatic N) is 2. The van der Waals surface area contributed by atoms with Crippen LogP contribution in [0.2, 0.25) is 0 Å². The third kappa shape index (κ3) is 6.21. The Bertz CT molecular complexity index is 1100. The van der Waals surface area contributed by atoms with Crippen molar-refractivity contribution in [3.63, 3.8) is 0 Å². The highest BCUT2D eigenvalue weighted by Gasteiger charge is 2.32. The van der Waals surface area contributed by atoms with Gasteiger partial charge in [0.15, 0.2) is 0 Å². The van der Waals surface area contributed by atoms with Crippen molar-refractivity contribution in [1.29, 1.82) is 0 Å². The van der Waals surface area contributed by atoms with E-state index in [1.165, 1.54) is 10.6 Å². The molecule has 7 nitrogen and oxygen atoms in total. The fourth-order valence-corrected chi connectivity index (χ4v) is 5.52. The number of methoxy groups -OCH3 is 1. The minimum Gasteiger partial charge on any atom is -0.496 e. The molecule has 8 heteroatoms. The van der Waals surface area contributed by atoms with E-state index in [4.69, 9.17) is 4.74 Å². The Hall–Kier alpha value is -3.36. The minimum absolute atomic E-state index is 0.00103. The molecule has 1 aliphatic heterocycles. The summed E-state index contributed by atoms with van der Waals surface area (Å²) in [4.78, 5) is 31.3. The molecule has 1 fully saturated rings. The summed E-state index contributed by atoms with van der Waals surface area (Å²) in [7, 11) is 1.58. The third-order valence-electron chi connectivity index (χ3n) is 6.33.